The zero-order chi connectivity index (χ0) is 22.1. The van der Waals surface area contributed by atoms with Crippen LogP contribution in [0.25, 0.3) is 0 Å². The fourth-order valence-electron chi connectivity index (χ4n) is 3.52. The number of carbonyl (C=O) groups excluding carboxylic acids is 2. The summed E-state index contributed by atoms with van der Waals surface area (Å²) < 4.78 is 23.9. The van der Waals surface area contributed by atoms with Crippen LogP contribution in [0.2, 0.25) is 0 Å². The van der Waals surface area contributed by atoms with Crippen molar-refractivity contribution in [3.63, 3.8) is 0 Å². The number of amides is 2. The molecule has 7 heteroatoms. The van der Waals surface area contributed by atoms with E-state index in [1.54, 1.807) is 43.5 Å². The van der Waals surface area contributed by atoms with Gasteiger partial charge in [-0.3, -0.25) is 9.59 Å². The molecule has 31 heavy (non-hydrogen) atoms. The van der Waals surface area contributed by atoms with E-state index >= 15 is 0 Å². The highest BCUT2D eigenvalue weighted by atomic mass is 19.1. The minimum absolute atomic E-state index is 0.0573. The highest BCUT2D eigenvalue weighted by molar-refractivity contribution is 5.94. The maximum absolute atomic E-state index is 12.9. The van der Waals surface area contributed by atoms with E-state index in [-0.39, 0.29) is 23.7 Å². The Hall–Kier alpha value is -2.93. The summed E-state index contributed by atoms with van der Waals surface area (Å²) in [5.74, 6) is 0.412. The average molecular weight is 429 g/mol. The van der Waals surface area contributed by atoms with Crippen molar-refractivity contribution >= 4 is 11.8 Å². The van der Waals surface area contributed by atoms with Gasteiger partial charge in [-0.25, -0.2) is 4.39 Å². The van der Waals surface area contributed by atoms with E-state index in [1.165, 1.54) is 12.1 Å². The number of halogens is 1. The van der Waals surface area contributed by atoms with Gasteiger partial charge in [0.2, 0.25) is 5.91 Å². The molecule has 0 aromatic heterocycles. The summed E-state index contributed by atoms with van der Waals surface area (Å²) in [6, 6.07) is 13.3. The number of piperidine rings is 1. The van der Waals surface area contributed by atoms with Crippen molar-refractivity contribution in [2.75, 3.05) is 33.4 Å². The van der Waals surface area contributed by atoms with Gasteiger partial charge in [-0.05, 0) is 48.4 Å². The fourth-order valence-corrected chi connectivity index (χ4v) is 3.52. The molecule has 0 spiro atoms. The highest BCUT2D eigenvalue weighted by Gasteiger charge is 2.23. The molecule has 3 rings (SSSR count). The molecule has 2 aromatic carbocycles. The lowest BCUT2D eigenvalue weighted by Crippen LogP contribution is -2.42. The number of methoxy groups -OCH3 is 1. The second-order valence-corrected chi connectivity index (χ2v) is 7.60. The van der Waals surface area contributed by atoms with Gasteiger partial charge in [-0.1, -0.05) is 12.1 Å². The molecule has 0 atom stereocenters. The third kappa shape index (κ3) is 7.07. The van der Waals surface area contributed by atoms with Crippen LogP contribution in [0.3, 0.4) is 0 Å². The summed E-state index contributed by atoms with van der Waals surface area (Å²) in [5.41, 5.74) is 1.53. The van der Waals surface area contributed by atoms with Gasteiger partial charge in [-0.2, -0.15) is 0 Å². The van der Waals surface area contributed by atoms with Crippen molar-refractivity contribution in [2.45, 2.75) is 31.8 Å². The number of hydrogen-bond acceptors (Lipinski definition) is 4. The van der Waals surface area contributed by atoms with E-state index in [0.29, 0.717) is 50.4 Å². The summed E-state index contributed by atoms with van der Waals surface area (Å²) in [4.78, 5) is 26.2. The van der Waals surface area contributed by atoms with Crippen molar-refractivity contribution in [2.24, 2.45) is 0 Å². The van der Waals surface area contributed by atoms with E-state index in [1.807, 2.05) is 4.90 Å². The van der Waals surface area contributed by atoms with E-state index in [9.17, 15) is 14.0 Å². The number of likely N-dealkylation sites (tertiary alicyclic amines) is 1. The predicted octanol–water partition coefficient (Wildman–Crippen LogP) is 3.20. The van der Waals surface area contributed by atoms with Crippen molar-refractivity contribution in [1.82, 2.24) is 10.2 Å². The number of rotatable bonds is 9. The monoisotopic (exact) mass is 428 g/mol. The molecule has 0 bridgehead atoms. The van der Waals surface area contributed by atoms with Crippen molar-refractivity contribution in [3.8, 4) is 5.75 Å². The van der Waals surface area contributed by atoms with Crippen LogP contribution in [0.1, 0.15) is 35.2 Å². The molecule has 1 fully saturated rings. The average Bonchev–Trinajstić information content (AvgIpc) is 2.79. The lowest BCUT2D eigenvalue weighted by Gasteiger charge is -2.32. The topological polar surface area (TPSA) is 67.9 Å². The Morgan fingerprint density at radius 3 is 2.39 bits per heavy atom. The molecular weight excluding hydrogens is 399 g/mol. The Labute approximate surface area is 182 Å². The number of ether oxygens (including phenoxy) is 2. The minimum atomic E-state index is -0.267. The van der Waals surface area contributed by atoms with Crippen LogP contribution >= 0.6 is 0 Å². The van der Waals surface area contributed by atoms with Gasteiger partial charge in [0.25, 0.3) is 5.91 Å². The smallest absolute Gasteiger partial charge is 0.251 e. The summed E-state index contributed by atoms with van der Waals surface area (Å²) in [6.07, 6.45) is 2.67. The number of nitrogens with one attached hydrogen (secondary N) is 1. The van der Waals surface area contributed by atoms with Crippen LogP contribution in [0.5, 0.6) is 5.75 Å². The van der Waals surface area contributed by atoms with Crippen LogP contribution in [0, 0.1) is 5.82 Å². The summed E-state index contributed by atoms with van der Waals surface area (Å²) in [7, 11) is 1.59. The maximum Gasteiger partial charge on any atom is 0.251 e. The Kier molecular flexibility index (Phi) is 8.41. The number of nitrogens with zero attached hydrogens (tertiary/aromatic N) is 1. The van der Waals surface area contributed by atoms with E-state index in [2.05, 4.69) is 5.32 Å². The first kappa shape index (κ1) is 22.7. The molecule has 0 aliphatic carbocycles. The zero-order valence-corrected chi connectivity index (χ0v) is 17.8. The summed E-state index contributed by atoms with van der Waals surface area (Å²) in [5, 5.41) is 2.87. The molecule has 1 saturated heterocycles. The zero-order valence-electron chi connectivity index (χ0n) is 17.8. The van der Waals surface area contributed by atoms with Crippen LogP contribution in [-0.4, -0.2) is 56.2 Å². The van der Waals surface area contributed by atoms with Gasteiger partial charge >= 0.3 is 0 Å². The van der Waals surface area contributed by atoms with Gasteiger partial charge in [0.05, 0.1) is 13.0 Å². The molecule has 1 aliphatic rings. The normalized spacial score (nSPS) is 14.3. The SMILES string of the molecule is COCCC(=O)N1CCC(Oc2ccc(C(=O)NCCc3ccc(F)cc3)cc2)CC1. The van der Waals surface area contributed by atoms with Gasteiger partial charge in [0, 0.05) is 45.1 Å². The highest BCUT2D eigenvalue weighted by Crippen LogP contribution is 2.20. The molecule has 2 aromatic rings. The summed E-state index contributed by atoms with van der Waals surface area (Å²) >= 11 is 0. The van der Waals surface area contributed by atoms with Gasteiger partial charge in [0.15, 0.2) is 0 Å². The quantitative estimate of drug-likeness (QED) is 0.666. The number of benzene rings is 2. The first-order chi connectivity index (χ1) is 15.0. The number of hydrogen-bond donors (Lipinski definition) is 1. The Morgan fingerprint density at radius 2 is 1.74 bits per heavy atom. The Morgan fingerprint density at radius 1 is 1.06 bits per heavy atom. The second kappa shape index (κ2) is 11.5. The molecule has 1 N–H and O–H groups in total. The van der Waals surface area contributed by atoms with E-state index < -0.39 is 0 Å². The van der Waals surface area contributed by atoms with Gasteiger partial charge in [0.1, 0.15) is 17.7 Å². The third-order valence-corrected chi connectivity index (χ3v) is 5.35. The molecule has 1 heterocycles. The van der Waals surface area contributed by atoms with E-state index in [4.69, 9.17) is 9.47 Å². The number of carbonyl (C=O) groups is 2. The Balaban J connectivity index is 1.40. The van der Waals surface area contributed by atoms with Gasteiger partial charge < -0.3 is 19.7 Å². The minimum Gasteiger partial charge on any atom is -0.490 e. The maximum atomic E-state index is 12.9. The fraction of sp³-hybridized carbons (Fsp3) is 0.417. The van der Waals surface area contributed by atoms with Gasteiger partial charge in [-0.15, -0.1) is 0 Å². The summed E-state index contributed by atoms with van der Waals surface area (Å²) in [6.45, 7) is 2.29. The standard InChI is InChI=1S/C24H29FN2O4/c1-30-17-13-23(28)27-15-11-22(12-16-27)31-21-8-4-19(5-9-21)24(29)26-14-10-18-2-6-20(25)7-3-18/h2-9,22H,10-17H2,1H3,(H,26,29). The molecule has 1 aliphatic heterocycles. The first-order valence-electron chi connectivity index (χ1n) is 10.6. The van der Waals surface area contributed by atoms with Crippen molar-refractivity contribution < 1.29 is 23.5 Å². The Bertz CT molecular complexity index is 847. The van der Waals surface area contributed by atoms with Crippen molar-refractivity contribution in [1.29, 1.82) is 0 Å². The third-order valence-electron chi connectivity index (χ3n) is 5.35. The molecule has 0 saturated carbocycles. The molecule has 166 valence electrons. The largest absolute Gasteiger partial charge is 0.490 e. The van der Waals surface area contributed by atoms with Crippen LogP contribution in [0.15, 0.2) is 48.5 Å². The lowest BCUT2D eigenvalue weighted by atomic mass is 10.1. The molecular formula is C24H29FN2O4. The molecule has 2 amide bonds. The first-order valence-corrected chi connectivity index (χ1v) is 10.6. The van der Waals surface area contributed by atoms with Crippen LogP contribution in [-0.2, 0) is 16.0 Å². The predicted molar refractivity (Wildman–Crippen MR) is 116 cm³/mol. The molecule has 0 unspecified atom stereocenters. The molecule has 0 radical (unpaired) electrons. The van der Waals surface area contributed by atoms with Crippen LogP contribution < -0.4 is 10.1 Å². The van der Waals surface area contributed by atoms with Crippen LogP contribution in [0.4, 0.5) is 4.39 Å². The van der Waals surface area contributed by atoms with E-state index in [0.717, 1.165) is 18.4 Å². The lowest BCUT2D eigenvalue weighted by molar-refractivity contribution is -0.133. The van der Waals surface area contributed by atoms with Crippen molar-refractivity contribution in [3.05, 3.63) is 65.5 Å². The molecule has 6 nitrogen and oxygen atoms in total. The second-order valence-electron chi connectivity index (χ2n) is 7.60.